The zero-order valence-corrected chi connectivity index (χ0v) is 84.2. The van der Waals surface area contributed by atoms with E-state index in [0.29, 0.717) is 38.3 Å². The minimum atomic E-state index is -1.76. The van der Waals surface area contributed by atoms with Crippen molar-refractivity contribution in [2.45, 2.75) is 532 Å². The molecule has 26 nitrogen and oxygen atoms in total. The lowest BCUT2D eigenvalue weighted by Gasteiger charge is -2.46. The lowest BCUT2D eigenvalue weighted by molar-refractivity contribution is -0.360. The Bertz CT molecular complexity index is 2450. The monoisotopic (exact) mass is 1880 g/mol. The van der Waals surface area contributed by atoms with Gasteiger partial charge in [-0.1, -0.05) is 365 Å². The van der Waals surface area contributed by atoms with Gasteiger partial charge in [-0.2, -0.15) is 0 Å². The zero-order valence-electron chi connectivity index (χ0n) is 84.2. The second-order valence-electron chi connectivity index (χ2n) is 42.7. The van der Waals surface area contributed by atoms with Gasteiger partial charge in [0.2, 0.25) is 0 Å². The minimum Gasteiger partial charge on any atom is -0.394 e. The summed E-state index contributed by atoms with van der Waals surface area (Å²) >= 11 is 0. The molecule has 5 aliphatic rings. The molecular weight excluding hydrogens is 1680 g/mol. The molecule has 0 radical (unpaired) electrons. The summed E-state index contributed by atoms with van der Waals surface area (Å²) in [7, 11) is 0. The van der Waals surface area contributed by atoms with Gasteiger partial charge in [0.25, 0.3) is 0 Å². The fourth-order valence-electron chi connectivity index (χ4n) is 20.1. The van der Waals surface area contributed by atoms with E-state index >= 15 is 0 Å². The van der Waals surface area contributed by atoms with Crippen LogP contribution >= 0.6 is 0 Å². The molecule has 0 bridgehead atoms. The summed E-state index contributed by atoms with van der Waals surface area (Å²) in [4.78, 5) is 0. The Morgan fingerprint density at radius 3 is 0.779 bits per heavy atom. The van der Waals surface area contributed by atoms with E-state index in [1.54, 1.807) is 0 Å². The Hall–Kier alpha value is -1.04. The van der Waals surface area contributed by atoms with Gasteiger partial charge in [-0.05, 0) is 91.3 Å². The summed E-state index contributed by atoms with van der Waals surface area (Å²) in [6.07, 6.45) is 33.3. The van der Waals surface area contributed by atoms with Crippen molar-refractivity contribution in [1.29, 1.82) is 0 Å². The Kier molecular flexibility index (Phi) is 67.2. The molecule has 14 N–H and O–H groups in total. The van der Waals surface area contributed by atoms with Gasteiger partial charge >= 0.3 is 0 Å². The second-order valence-corrected chi connectivity index (χ2v) is 42.7. The first-order chi connectivity index (χ1) is 63.2. The third-order valence-electron chi connectivity index (χ3n) is 29.3. The first-order valence-corrected chi connectivity index (χ1v) is 54.0. The Morgan fingerprint density at radius 2 is 0.496 bits per heavy atom. The molecule has 0 spiro atoms. The lowest BCUT2D eigenvalue weighted by Crippen LogP contribution is -2.64. The highest BCUT2D eigenvalue weighted by Gasteiger charge is 2.53. The third kappa shape index (κ3) is 51.0. The van der Waals surface area contributed by atoms with Crippen LogP contribution in [0.5, 0.6) is 0 Å². The highest BCUT2D eigenvalue weighted by molar-refractivity contribution is 4.97. The number of aliphatic hydroxyl groups excluding tert-OH is 14. The first kappa shape index (κ1) is 120. The summed E-state index contributed by atoms with van der Waals surface area (Å²) in [6.45, 7) is 23.4. The molecule has 1 saturated carbocycles. The first-order valence-electron chi connectivity index (χ1n) is 54.0. The predicted octanol–water partition coefficient (Wildman–Crippen LogP) is 16.3. The number of hydrogen-bond donors (Lipinski definition) is 14. The molecule has 0 aromatic carbocycles. The van der Waals surface area contributed by atoms with Crippen LogP contribution in [0.1, 0.15) is 397 Å². The molecule has 0 aromatic heterocycles. The maximum absolute atomic E-state index is 11.3. The number of ether oxygens (including phenoxy) is 12. The average molecular weight is 1880 g/mol. The molecule has 0 aromatic rings. The topological polar surface area (TPSA) is 394 Å². The molecule has 5 rings (SSSR count). The molecule has 0 amide bonds. The van der Waals surface area contributed by atoms with E-state index in [0.717, 1.165) is 98.7 Å². The van der Waals surface area contributed by atoms with Crippen molar-refractivity contribution in [3.63, 3.8) is 0 Å². The van der Waals surface area contributed by atoms with Crippen LogP contribution in [0.3, 0.4) is 0 Å². The number of rotatable bonds is 82. The van der Waals surface area contributed by atoms with E-state index in [4.69, 9.17) is 56.8 Å². The molecule has 30 atom stereocenters. The van der Waals surface area contributed by atoms with Crippen LogP contribution in [0.2, 0.25) is 0 Å². The molecule has 778 valence electrons. The van der Waals surface area contributed by atoms with Crippen LogP contribution in [0, 0.1) is 59.2 Å². The van der Waals surface area contributed by atoms with Crippen LogP contribution in [0.25, 0.3) is 0 Å². The lowest BCUT2D eigenvalue weighted by atomic mass is 9.91. The molecular formula is C105H202O26. The van der Waals surface area contributed by atoms with Gasteiger partial charge in [0.1, 0.15) is 110 Å². The Balaban J connectivity index is 0.847. The van der Waals surface area contributed by atoms with Crippen molar-refractivity contribution >= 4 is 0 Å². The summed E-state index contributed by atoms with van der Waals surface area (Å²) < 4.78 is 71.6. The zero-order chi connectivity index (χ0) is 95.5. The Labute approximate surface area is 794 Å². The predicted molar refractivity (Wildman–Crippen MR) is 513 cm³/mol. The van der Waals surface area contributed by atoms with E-state index in [2.05, 4.69) is 69.2 Å². The van der Waals surface area contributed by atoms with Crippen LogP contribution in [0.4, 0.5) is 0 Å². The van der Waals surface area contributed by atoms with Crippen LogP contribution in [0.15, 0.2) is 0 Å². The highest BCUT2D eigenvalue weighted by Crippen LogP contribution is 2.39. The summed E-state index contributed by atoms with van der Waals surface area (Å²) in [5.41, 5.74) is 0. The molecule has 0 unspecified atom stereocenters. The molecule has 26 heteroatoms. The average Bonchev–Trinajstić information content (AvgIpc) is 1.03. The maximum Gasteiger partial charge on any atom is 0.187 e. The molecule has 1 aliphatic carbocycles. The van der Waals surface area contributed by atoms with Crippen LogP contribution in [-0.2, 0) is 56.8 Å². The molecule has 4 heterocycles. The van der Waals surface area contributed by atoms with Gasteiger partial charge in [0.15, 0.2) is 25.2 Å². The van der Waals surface area contributed by atoms with Gasteiger partial charge in [0.05, 0.1) is 52.9 Å². The smallest absolute Gasteiger partial charge is 0.187 e. The van der Waals surface area contributed by atoms with Gasteiger partial charge in [-0.15, -0.1) is 0 Å². The minimum absolute atomic E-state index is 0.0118. The number of unbranched alkanes of at least 4 members (excludes halogenated alkanes) is 24. The maximum atomic E-state index is 11.3. The van der Waals surface area contributed by atoms with Crippen molar-refractivity contribution in [2.75, 3.05) is 79.3 Å². The SMILES string of the molecule is CC(C)CCC[C@@H](C)CCC[C@@H](C)CCC[C@@H](C)CCO[C@@H](COCCCCCCCCCCCCCCC[C@@H]1CC[C@H](CCCCCCCCCCCCCCCOC[C@@H](CO[C@@H]2O[C@H](CO)[C@@H](O[C@@H]3O[C@H](CO)[C@H](O)[C@H](O)[C@H]3O)[C@H](O)[C@H]2O)OCC[C@H](C)CCC[C@H](C)CCC[C@H](C)CCCC(C)C)C1)CO[C@@H]1O[C@H](CO)[C@@H](O[C@@H]2O[C@H](CO)[C@H](O)[C@H](O)[C@H]2O)[C@H](O)[C@H]1O. The van der Waals surface area contributed by atoms with Gasteiger partial charge in [-0.3, -0.25) is 0 Å². The standard InChI is InChI=1S/C105H202O26/c1-74(2)43-37-45-76(5)47-39-49-78(7)51-41-53-80(9)59-63-122-84(72-124-102-98(118)94(114)100(88(68-108)128-102)130-104-96(116)92(112)90(110)86(66-106)126-104)70-120-61-35-31-27-23-19-15-11-13-17-21-25-29-33-55-82-57-58-83(65-82)56-34-30-26-22-18-14-12-16-20-24-28-32-36-62-121-71-85(123-64-60-81(10)54-42-52-79(8)50-40-48-77(6)46-38-44-75(3)4)73-125-103-99(119)95(115)101(89(69-109)129-103)131-105-97(117)93(113)91(111)87(67-107)127-105/h74-119H,11-73H2,1-10H3/t76-,77-,78-,79-,80-,81-,82-,83+,84+,85+,86-,87-,88-,89-,90+,91+,92+,93+,94-,95-,96-,97-,98-,99-,100-,101-,102-,103-,104+,105+/m1/s1. The van der Waals surface area contributed by atoms with Gasteiger partial charge in [0, 0.05) is 26.4 Å². The van der Waals surface area contributed by atoms with E-state index in [-0.39, 0.29) is 26.4 Å². The van der Waals surface area contributed by atoms with E-state index in [1.165, 1.54) is 276 Å². The summed E-state index contributed by atoms with van der Waals surface area (Å²) in [6, 6.07) is 0. The van der Waals surface area contributed by atoms with Gasteiger partial charge in [-0.25, -0.2) is 0 Å². The van der Waals surface area contributed by atoms with Crippen molar-refractivity contribution in [3.8, 4) is 0 Å². The van der Waals surface area contributed by atoms with E-state index < -0.39 is 161 Å². The van der Waals surface area contributed by atoms with E-state index in [1.807, 2.05) is 0 Å². The van der Waals surface area contributed by atoms with Crippen molar-refractivity contribution < 1.29 is 128 Å². The van der Waals surface area contributed by atoms with Crippen LogP contribution < -0.4 is 0 Å². The summed E-state index contributed by atoms with van der Waals surface area (Å²) in [5, 5.41) is 147. The fourth-order valence-corrected chi connectivity index (χ4v) is 20.1. The molecule has 4 saturated heterocycles. The Morgan fingerprint density at radius 1 is 0.244 bits per heavy atom. The molecule has 5 fully saturated rings. The van der Waals surface area contributed by atoms with Gasteiger partial charge < -0.3 is 128 Å². The van der Waals surface area contributed by atoms with Crippen molar-refractivity contribution in [1.82, 2.24) is 0 Å². The second kappa shape index (κ2) is 73.1. The quantitative estimate of drug-likeness (QED) is 0.0252. The molecule has 131 heavy (non-hydrogen) atoms. The third-order valence-corrected chi connectivity index (χ3v) is 29.3. The van der Waals surface area contributed by atoms with Crippen LogP contribution in [-0.4, -0.2) is 286 Å². The number of hydrogen-bond acceptors (Lipinski definition) is 26. The summed E-state index contributed by atoms with van der Waals surface area (Å²) in [5.74, 6) is 7.45. The largest absolute Gasteiger partial charge is 0.394 e. The van der Waals surface area contributed by atoms with Crippen molar-refractivity contribution in [3.05, 3.63) is 0 Å². The number of aliphatic hydroxyl groups is 14. The molecule has 4 aliphatic heterocycles. The highest BCUT2D eigenvalue weighted by atomic mass is 16.8. The fraction of sp³-hybridized carbons (Fsp3) is 1.00. The van der Waals surface area contributed by atoms with Crippen molar-refractivity contribution in [2.24, 2.45) is 59.2 Å². The normalized spacial score (nSPS) is 29.9. The van der Waals surface area contributed by atoms with E-state index in [9.17, 15) is 71.5 Å².